The zero-order chi connectivity index (χ0) is 10.9. The molecule has 1 aromatic rings. The van der Waals surface area contributed by atoms with E-state index in [1.165, 1.54) is 0 Å². The molecule has 0 aromatic heterocycles. The minimum Gasteiger partial charge on any atom is -0.354 e. The molecular formula is C10H11ClN2OS. The molecule has 0 spiro atoms. The van der Waals surface area contributed by atoms with E-state index in [1.807, 2.05) is 31.2 Å². The highest BCUT2D eigenvalue weighted by atomic mass is 35.5. The Morgan fingerprint density at radius 2 is 2.13 bits per heavy atom. The van der Waals surface area contributed by atoms with Gasteiger partial charge in [0.1, 0.15) is 0 Å². The monoisotopic (exact) mass is 242 g/mol. The number of amides is 1. The maximum absolute atomic E-state index is 11.1. The SMILES string of the molecule is CC1(Nc2ccc(Cl)cc2)NC(=O)CS1. The predicted octanol–water partition coefficient (Wildman–Crippen LogP) is 2.29. The molecule has 5 heteroatoms. The van der Waals surface area contributed by atoms with E-state index in [0.29, 0.717) is 10.8 Å². The molecule has 15 heavy (non-hydrogen) atoms. The Bertz CT molecular complexity index is 382. The van der Waals surface area contributed by atoms with Gasteiger partial charge in [0.2, 0.25) is 5.91 Å². The number of carbonyl (C=O) groups is 1. The van der Waals surface area contributed by atoms with Gasteiger partial charge < -0.3 is 10.6 Å². The first kappa shape index (κ1) is 10.6. The van der Waals surface area contributed by atoms with Crippen LogP contribution in [-0.2, 0) is 4.79 Å². The first-order valence-electron chi connectivity index (χ1n) is 4.56. The molecule has 2 N–H and O–H groups in total. The van der Waals surface area contributed by atoms with Crippen LogP contribution in [0.1, 0.15) is 6.92 Å². The van der Waals surface area contributed by atoms with Gasteiger partial charge in [0, 0.05) is 10.7 Å². The number of benzene rings is 1. The lowest BCUT2D eigenvalue weighted by Crippen LogP contribution is -2.43. The highest BCUT2D eigenvalue weighted by Crippen LogP contribution is 2.29. The van der Waals surface area contributed by atoms with Crippen LogP contribution in [0.5, 0.6) is 0 Å². The number of hydrogen-bond acceptors (Lipinski definition) is 3. The second kappa shape index (κ2) is 3.94. The number of carbonyl (C=O) groups excluding carboxylic acids is 1. The summed E-state index contributed by atoms with van der Waals surface area (Å²) in [4.78, 5) is 10.7. The Morgan fingerprint density at radius 1 is 1.47 bits per heavy atom. The summed E-state index contributed by atoms with van der Waals surface area (Å²) >= 11 is 7.33. The van der Waals surface area contributed by atoms with Crippen LogP contribution in [0.25, 0.3) is 0 Å². The topological polar surface area (TPSA) is 41.1 Å². The summed E-state index contributed by atoms with van der Waals surface area (Å²) in [6, 6.07) is 7.40. The maximum Gasteiger partial charge on any atom is 0.232 e. The van der Waals surface area contributed by atoms with Crippen molar-refractivity contribution in [1.82, 2.24) is 5.32 Å². The summed E-state index contributed by atoms with van der Waals surface area (Å²) in [7, 11) is 0. The van der Waals surface area contributed by atoms with E-state index in [0.717, 1.165) is 5.69 Å². The lowest BCUT2D eigenvalue weighted by atomic mass is 10.3. The fourth-order valence-corrected chi connectivity index (χ4v) is 2.42. The minimum absolute atomic E-state index is 0.0592. The molecule has 0 bridgehead atoms. The standard InChI is InChI=1S/C10H11ClN2OS/c1-10(13-9(14)6-15-10)12-8-4-2-7(11)3-5-8/h2-5,12H,6H2,1H3,(H,13,14). The molecule has 3 nitrogen and oxygen atoms in total. The second-order valence-corrected chi connectivity index (χ2v) is 5.33. The zero-order valence-electron chi connectivity index (χ0n) is 8.21. The Hall–Kier alpha value is -0.870. The molecule has 0 saturated carbocycles. The first-order valence-corrected chi connectivity index (χ1v) is 5.92. The van der Waals surface area contributed by atoms with Gasteiger partial charge in [0.15, 0.2) is 4.99 Å². The average Bonchev–Trinajstić information content (AvgIpc) is 2.50. The Labute approximate surface area is 97.6 Å². The van der Waals surface area contributed by atoms with Gasteiger partial charge in [-0.3, -0.25) is 4.79 Å². The minimum atomic E-state index is -0.412. The summed E-state index contributed by atoms with van der Waals surface area (Å²) in [5.74, 6) is 0.556. The molecule has 1 aromatic carbocycles. The Balaban J connectivity index is 2.08. The molecule has 1 saturated heterocycles. The molecule has 2 rings (SSSR count). The third-order valence-corrected chi connectivity index (χ3v) is 3.54. The molecule has 1 atom stereocenters. The second-order valence-electron chi connectivity index (χ2n) is 3.50. The number of thioether (sulfide) groups is 1. The van der Waals surface area contributed by atoms with Gasteiger partial charge in [-0.25, -0.2) is 0 Å². The van der Waals surface area contributed by atoms with Crippen molar-refractivity contribution in [2.45, 2.75) is 11.9 Å². The van der Waals surface area contributed by atoms with Crippen molar-refractivity contribution in [3.05, 3.63) is 29.3 Å². The number of rotatable bonds is 2. The zero-order valence-corrected chi connectivity index (χ0v) is 9.78. The van der Waals surface area contributed by atoms with Crippen LogP contribution in [0.4, 0.5) is 5.69 Å². The number of halogens is 1. The largest absolute Gasteiger partial charge is 0.354 e. The van der Waals surface area contributed by atoms with E-state index < -0.39 is 4.99 Å². The summed E-state index contributed by atoms with van der Waals surface area (Å²) < 4.78 is 0. The van der Waals surface area contributed by atoms with E-state index in [-0.39, 0.29) is 5.91 Å². The van der Waals surface area contributed by atoms with E-state index >= 15 is 0 Å². The normalized spacial score (nSPS) is 25.1. The molecule has 80 valence electrons. The van der Waals surface area contributed by atoms with Gasteiger partial charge in [-0.15, -0.1) is 11.8 Å². The number of anilines is 1. The molecule has 0 aliphatic carbocycles. The predicted molar refractivity (Wildman–Crippen MR) is 64.1 cm³/mol. The quantitative estimate of drug-likeness (QED) is 0.836. The van der Waals surface area contributed by atoms with Gasteiger partial charge in [-0.2, -0.15) is 0 Å². The van der Waals surface area contributed by atoms with E-state index in [1.54, 1.807) is 11.8 Å². The number of hydrogen-bond donors (Lipinski definition) is 2. The van der Waals surface area contributed by atoms with Crippen LogP contribution in [0.15, 0.2) is 24.3 Å². The molecule has 1 aliphatic heterocycles. The first-order chi connectivity index (χ1) is 7.07. The van der Waals surface area contributed by atoms with Crippen molar-refractivity contribution >= 4 is 35.0 Å². The highest BCUT2D eigenvalue weighted by Gasteiger charge is 2.33. The van der Waals surface area contributed by atoms with Crippen LogP contribution in [0.3, 0.4) is 0 Å². The van der Waals surface area contributed by atoms with Crippen LogP contribution in [0.2, 0.25) is 5.02 Å². The van der Waals surface area contributed by atoms with Crippen LogP contribution in [0, 0.1) is 0 Å². The van der Waals surface area contributed by atoms with Crippen molar-refractivity contribution < 1.29 is 4.79 Å². The fourth-order valence-electron chi connectivity index (χ4n) is 1.42. The lowest BCUT2D eigenvalue weighted by Gasteiger charge is -2.25. The maximum atomic E-state index is 11.1. The van der Waals surface area contributed by atoms with Crippen molar-refractivity contribution in [2.24, 2.45) is 0 Å². The summed E-state index contributed by atoms with van der Waals surface area (Å²) in [5, 5.41) is 6.82. The Kier molecular flexibility index (Phi) is 2.80. The van der Waals surface area contributed by atoms with E-state index in [9.17, 15) is 4.79 Å². The van der Waals surface area contributed by atoms with Gasteiger partial charge in [-0.1, -0.05) is 11.6 Å². The highest BCUT2D eigenvalue weighted by molar-refractivity contribution is 8.01. The van der Waals surface area contributed by atoms with E-state index in [2.05, 4.69) is 10.6 Å². The van der Waals surface area contributed by atoms with Crippen molar-refractivity contribution in [1.29, 1.82) is 0 Å². The number of nitrogens with one attached hydrogen (secondary N) is 2. The molecule has 1 amide bonds. The molecule has 1 unspecified atom stereocenters. The molecule has 0 radical (unpaired) electrons. The van der Waals surface area contributed by atoms with Gasteiger partial charge in [0.05, 0.1) is 5.75 Å². The molecule has 1 aliphatic rings. The van der Waals surface area contributed by atoms with Crippen molar-refractivity contribution in [2.75, 3.05) is 11.1 Å². The van der Waals surface area contributed by atoms with Gasteiger partial charge in [0.25, 0.3) is 0 Å². The molecule has 1 fully saturated rings. The molecular weight excluding hydrogens is 232 g/mol. The summed E-state index contributed by atoms with van der Waals surface area (Å²) in [6.45, 7) is 1.94. The van der Waals surface area contributed by atoms with Crippen LogP contribution >= 0.6 is 23.4 Å². The summed E-state index contributed by atoms with van der Waals surface area (Å²) in [6.07, 6.45) is 0. The fraction of sp³-hybridized carbons (Fsp3) is 0.300. The van der Waals surface area contributed by atoms with Crippen LogP contribution < -0.4 is 10.6 Å². The average molecular weight is 243 g/mol. The van der Waals surface area contributed by atoms with Crippen LogP contribution in [-0.4, -0.2) is 16.7 Å². The van der Waals surface area contributed by atoms with E-state index in [4.69, 9.17) is 11.6 Å². The lowest BCUT2D eigenvalue weighted by molar-refractivity contribution is -0.118. The Morgan fingerprint density at radius 3 is 2.67 bits per heavy atom. The van der Waals surface area contributed by atoms with Gasteiger partial charge >= 0.3 is 0 Å². The summed E-state index contributed by atoms with van der Waals surface area (Å²) in [5.41, 5.74) is 0.941. The molecule has 1 heterocycles. The van der Waals surface area contributed by atoms with Crippen molar-refractivity contribution in [3.8, 4) is 0 Å². The smallest absolute Gasteiger partial charge is 0.232 e. The van der Waals surface area contributed by atoms with Crippen molar-refractivity contribution in [3.63, 3.8) is 0 Å². The third kappa shape index (κ3) is 2.58. The van der Waals surface area contributed by atoms with Gasteiger partial charge in [-0.05, 0) is 31.2 Å². The third-order valence-electron chi connectivity index (χ3n) is 2.10.